The minimum absolute atomic E-state index is 0.310. The van der Waals surface area contributed by atoms with Crippen LogP contribution >= 0.6 is 11.6 Å². The van der Waals surface area contributed by atoms with Crippen molar-refractivity contribution in [1.29, 1.82) is 0 Å². The van der Waals surface area contributed by atoms with Gasteiger partial charge in [0.1, 0.15) is 0 Å². The Hall–Kier alpha value is -3.84. The van der Waals surface area contributed by atoms with Gasteiger partial charge in [0.15, 0.2) is 0 Å². The number of carbonyl (C=O) groups excluding carboxylic acids is 1. The molecule has 0 aliphatic carbocycles. The van der Waals surface area contributed by atoms with E-state index in [1.165, 1.54) is 11.0 Å². The van der Waals surface area contributed by atoms with E-state index in [-0.39, 0.29) is 5.91 Å². The summed E-state index contributed by atoms with van der Waals surface area (Å²) in [5.74, 6) is 0.262. The minimum atomic E-state index is -0.310. The van der Waals surface area contributed by atoms with Gasteiger partial charge in [-0.3, -0.25) is 4.79 Å². The highest BCUT2D eigenvalue weighted by molar-refractivity contribution is 6.33. The van der Waals surface area contributed by atoms with Crippen LogP contribution in [0, 0.1) is 0 Å². The molecule has 148 valence electrons. The van der Waals surface area contributed by atoms with Gasteiger partial charge in [0.2, 0.25) is 5.82 Å². The number of halogens is 1. The Morgan fingerprint density at radius 2 is 1.73 bits per heavy atom. The third-order valence-electron chi connectivity index (χ3n) is 4.30. The number of tetrazole rings is 1. The van der Waals surface area contributed by atoms with E-state index in [0.29, 0.717) is 23.0 Å². The minimum Gasteiger partial charge on any atom is -0.267 e. The van der Waals surface area contributed by atoms with Crippen molar-refractivity contribution < 1.29 is 4.79 Å². The quantitative estimate of drug-likeness (QED) is 0.382. The molecule has 0 aliphatic rings. The van der Waals surface area contributed by atoms with E-state index < -0.39 is 0 Å². The van der Waals surface area contributed by atoms with E-state index in [0.717, 1.165) is 16.7 Å². The van der Waals surface area contributed by atoms with Gasteiger partial charge in [-0.1, -0.05) is 72.3 Å². The fraction of sp³-hybridized carbons (Fsp3) is 0.0455. The maximum Gasteiger partial charge on any atom is 0.271 e. The molecule has 0 spiro atoms. The number of aromatic nitrogens is 4. The van der Waals surface area contributed by atoms with Crippen LogP contribution in [-0.2, 0) is 6.54 Å². The van der Waals surface area contributed by atoms with E-state index in [9.17, 15) is 4.79 Å². The summed E-state index contributed by atoms with van der Waals surface area (Å²) >= 11 is 6.06. The average Bonchev–Trinajstić information content (AvgIpc) is 3.25. The van der Waals surface area contributed by atoms with Crippen LogP contribution in [0.15, 0.2) is 84.0 Å². The summed E-state index contributed by atoms with van der Waals surface area (Å²) in [7, 11) is 0. The molecule has 1 amide bonds. The van der Waals surface area contributed by atoms with Crippen LogP contribution in [-0.4, -0.2) is 32.3 Å². The van der Waals surface area contributed by atoms with Crippen molar-refractivity contribution in [3.05, 3.63) is 101 Å². The Bertz CT molecular complexity index is 1170. The number of nitrogens with zero attached hydrogens (tertiary/aromatic N) is 5. The van der Waals surface area contributed by atoms with E-state index in [4.69, 9.17) is 11.6 Å². The molecule has 7 nitrogen and oxygen atoms in total. The zero-order valence-electron chi connectivity index (χ0n) is 15.8. The molecule has 3 aromatic carbocycles. The number of nitrogens with one attached hydrogen (secondary N) is 1. The van der Waals surface area contributed by atoms with Crippen LogP contribution in [0.3, 0.4) is 0 Å². The molecule has 30 heavy (non-hydrogen) atoms. The second-order valence-electron chi connectivity index (χ2n) is 6.43. The smallest absolute Gasteiger partial charge is 0.267 e. The highest BCUT2D eigenvalue weighted by Crippen LogP contribution is 2.13. The van der Waals surface area contributed by atoms with Crippen LogP contribution in [0.2, 0.25) is 5.02 Å². The lowest BCUT2D eigenvalue weighted by atomic mass is 10.1. The molecule has 0 unspecified atom stereocenters. The molecule has 0 fully saturated rings. The molecule has 1 aromatic heterocycles. The van der Waals surface area contributed by atoms with Gasteiger partial charge in [0.25, 0.3) is 5.91 Å². The van der Waals surface area contributed by atoms with Crippen molar-refractivity contribution in [3.63, 3.8) is 0 Å². The number of benzene rings is 3. The number of carbonyl (C=O) groups is 1. The average molecular weight is 417 g/mol. The van der Waals surface area contributed by atoms with Gasteiger partial charge in [-0.2, -0.15) is 9.90 Å². The van der Waals surface area contributed by atoms with Crippen molar-refractivity contribution in [1.82, 2.24) is 25.6 Å². The molecule has 0 bridgehead atoms. The number of hydrazone groups is 1. The SMILES string of the molecule is O=C(N/N=C\c1ccccc1Cl)c1ccc(Cn2nnc(-c3ccccc3)n2)cc1. The van der Waals surface area contributed by atoms with Gasteiger partial charge in [0.05, 0.1) is 12.8 Å². The van der Waals surface area contributed by atoms with Crippen molar-refractivity contribution in [2.24, 2.45) is 5.10 Å². The number of hydrogen-bond donors (Lipinski definition) is 1. The Kier molecular flexibility index (Phi) is 5.91. The van der Waals surface area contributed by atoms with Gasteiger partial charge in [0, 0.05) is 21.7 Å². The van der Waals surface area contributed by atoms with Crippen LogP contribution in [0.5, 0.6) is 0 Å². The van der Waals surface area contributed by atoms with Crippen LogP contribution in [0.25, 0.3) is 11.4 Å². The largest absolute Gasteiger partial charge is 0.271 e. The third-order valence-corrected chi connectivity index (χ3v) is 4.64. The van der Waals surface area contributed by atoms with Gasteiger partial charge in [-0.05, 0) is 29.0 Å². The highest BCUT2D eigenvalue weighted by atomic mass is 35.5. The standard InChI is InChI=1S/C22H17ClN6O/c23-20-9-5-4-8-19(20)14-24-26-22(30)18-12-10-16(11-13-18)15-29-27-21(25-28-29)17-6-2-1-3-7-17/h1-14H,15H2,(H,26,30)/b24-14-. The lowest BCUT2D eigenvalue weighted by Crippen LogP contribution is -2.17. The van der Waals surface area contributed by atoms with Gasteiger partial charge >= 0.3 is 0 Å². The molecule has 4 rings (SSSR count). The lowest BCUT2D eigenvalue weighted by molar-refractivity contribution is 0.0955. The molecule has 0 radical (unpaired) electrons. The topological polar surface area (TPSA) is 85.1 Å². The third kappa shape index (κ3) is 4.76. The summed E-state index contributed by atoms with van der Waals surface area (Å²) in [6.45, 7) is 0.451. The molecule has 4 aromatic rings. The van der Waals surface area contributed by atoms with Crippen molar-refractivity contribution >= 4 is 23.7 Å². The van der Waals surface area contributed by atoms with Crippen LogP contribution < -0.4 is 5.43 Å². The Balaban J connectivity index is 1.36. The maximum absolute atomic E-state index is 12.3. The molecule has 0 saturated heterocycles. The summed E-state index contributed by atoms with van der Waals surface area (Å²) in [6, 6.07) is 24.1. The molecule has 8 heteroatoms. The van der Waals surface area contributed by atoms with Crippen molar-refractivity contribution in [3.8, 4) is 11.4 Å². The number of rotatable bonds is 6. The molecule has 0 atom stereocenters. The van der Waals surface area contributed by atoms with Gasteiger partial charge in [-0.15, -0.1) is 10.2 Å². The Labute approximate surface area is 178 Å². The van der Waals surface area contributed by atoms with E-state index >= 15 is 0 Å². The summed E-state index contributed by atoms with van der Waals surface area (Å²) in [4.78, 5) is 13.8. The van der Waals surface area contributed by atoms with Gasteiger partial charge in [-0.25, -0.2) is 5.43 Å². The number of amides is 1. The molecule has 0 saturated carbocycles. The number of hydrogen-bond acceptors (Lipinski definition) is 5. The van der Waals surface area contributed by atoms with Gasteiger partial charge < -0.3 is 0 Å². The normalized spacial score (nSPS) is 11.0. The first kappa shape index (κ1) is 19.5. The van der Waals surface area contributed by atoms with Crippen molar-refractivity contribution in [2.75, 3.05) is 0 Å². The predicted octanol–water partition coefficient (Wildman–Crippen LogP) is 3.81. The first-order valence-electron chi connectivity index (χ1n) is 9.19. The Morgan fingerprint density at radius 1 is 1.00 bits per heavy atom. The molecular weight excluding hydrogens is 400 g/mol. The predicted molar refractivity (Wildman–Crippen MR) is 115 cm³/mol. The summed E-state index contributed by atoms with van der Waals surface area (Å²) in [5.41, 5.74) is 5.57. The second kappa shape index (κ2) is 9.11. The van der Waals surface area contributed by atoms with E-state index in [2.05, 4.69) is 25.9 Å². The summed E-state index contributed by atoms with van der Waals surface area (Å²) in [6.07, 6.45) is 1.51. The van der Waals surface area contributed by atoms with Crippen LogP contribution in [0.1, 0.15) is 21.5 Å². The Morgan fingerprint density at radius 3 is 2.50 bits per heavy atom. The van der Waals surface area contributed by atoms with E-state index in [1.54, 1.807) is 18.2 Å². The zero-order chi connectivity index (χ0) is 20.8. The molecular formula is C22H17ClN6O. The fourth-order valence-electron chi connectivity index (χ4n) is 2.74. The van der Waals surface area contributed by atoms with Crippen LogP contribution in [0.4, 0.5) is 0 Å². The monoisotopic (exact) mass is 416 g/mol. The fourth-order valence-corrected chi connectivity index (χ4v) is 2.93. The summed E-state index contributed by atoms with van der Waals surface area (Å²) < 4.78 is 0. The molecule has 1 heterocycles. The zero-order valence-corrected chi connectivity index (χ0v) is 16.6. The van der Waals surface area contributed by atoms with E-state index in [1.807, 2.05) is 60.7 Å². The molecule has 1 N–H and O–H groups in total. The lowest BCUT2D eigenvalue weighted by Gasteiger charge is -2.03. The van der Waals surface area contributed by atoms with Crippen molar-refractivity contribution in [2.45, 2.75) is 6.54 Å². The maximum atomic E-state index is 12.3. The summed E-state index contributed by atoms with van der Waals surface area (Å²) in [5, 5.41) is 17.1. The molecule has 0 aliphatic heterocycles. The highest BCUT2D eigenvalue weighted by Gasteiger charge is 2.07. The first-order valence-corrected chi connectivity index (χ1v) is 9.57. The first-order chi connectivity index (χ1) is 14.7. The second-order valence-corrected chi connectivity index (χ2v) is 6.83.